The summed E-state index contributed by atoms with van der Waals surface area (Å²) in [6, 6.07) is 4.74. The van der Waals surface area contributed by atoms with E-state index in [1.54, 1.807) is 18.2 Å². The van der Waals surface area contributed by atoms with Crippen LogP contribution >= 0.6 is 23.2 Å². The summed E-state index contributed by atoms with van der Waals surface area (Å²) in [6.07, 6.45) is -3.22. The van der Waals surface area contributed by atoms with Crippen LogP contribution in [0.4, 0.5) is 0 Å². The van der Waals surface area contributed by atoms with Gasteiger partial charge in [0.25, 0.3) is 0 Å². The maximum Gasteiger partial charge on any atom is 0.150 e. The molecule has 1 aromatic rings. The van der Waals surface area contributed by atoms with E-state index in [2.05, 4.69) is 0 Å². The summed E-state index contributed by atoms with van der Waals surface area (Å²) >= 11 is 12.0. The van der Waals surface area contributed by atoms with Crippen molar-refractivity contribution in [2.75, 3.05) is 0 Å². The highest BCUT2D eigenvalue weighted by Crippen LogP contribution is 2.44. The van der Waals surface area contributed by atoms with Crippen molar-refractivity contribution in [3.8, 4) is 0 Å². The standard InChI is InChI=1S/C12H13Cl2O4/c1-6(15)10-11(16)12(17,5-18-10)9-7(13)3-2-4-8(9)14/h2-6,10-11,15-17H,1H3/t6?,10-,11-,12-/m1/s1. The van der Waals surface area contributed by atoms with Gasteiger partial charge in [-0.15, -0.1) is 0 Å². The number of hydrogen-bond acceptors (Lipinski definition) is 4. The Morgan fingerprint density at radius 2 is 1.89 bits per heavy atom. The summed E-state index contributed by atoms with van der Waals surface area (Å²) < 4.78 is 5.11. The van der Waals surface area contributed by atoms with Gasteiger partial charge in [-0.25, -0.2) is 0 Å². The molecule has 1 radical (unpaired) electrons. The van der Waals surface area contributed by atoms with Gasteiger partial charge >= 0.3 is 0 Å². The normalized spacial score (nSPS) is 33.7. The molecule has 1 saturated heterocycles. The van der Waals surface area contributed by atoms with Gasteiger partial charge in [-0.2, -0.15) is 0 Å². The van der Waals surface area contributed by atoms with E-state index in [1.807, 2.05) is 0 Å². The molecule has 1 fully saturated rings. The predicted octanol–water partition coefficient (Wildman–Crippen LogP) is 1.48. The molecule has 4 atom stereocenters. The van der Waals surface area contributed by atoms with Gasteiger partial charge in [-0.05, 0) is 19.1 Å². The molecule has 2 rings (SSSR count). The van der Waals surface area contributed by atoms with Crippen LogP contribution in [-0.2, 0) is 10.3 Å². The van der Waals surface area contributed by atoms with E-state index in [9.17, 15) is 15.3 Å². The van der Waals surface area contributed by atoms with Gasteiger partial charge in [0, 0.05) is 15.6 Å². The summed E-state index contributed by atoms with van der Waals surface area (Å²) in [5.41, 5.74) is -1.67. The first-order valence-corrected chi connectivity index (χ1v) is 6.16. The quantitative estimate of drug-likeness (QED) is 0.772. The average Bonchev–Trinajstić information content (AvgIpc) is 2.56. The van der Waals surface area contributed by atoms with Crippen molar-refractivity contribution in [3.05, 3.63) is 40.4 Å². The maximum absolute atomic E-state index is 10.5. The van der Waals surface area contributed by atoms with Crippen molar-refractivity contribution in [1.82, 2.24) is 0 Å². The van der Waals surface area contributed by atoms with Crippen LogP contribution in [0.25, 0.3) is 0 Å². The molecule has 0 amide bonds. The monoisotopic (exact) mass is 291 g/mol. The van der Waals surface area contributed by atoms with Crippen LogP contribution in [0.3, 0.4) is 0 Å². The molecule has 0 bridgehead atoms. The topological polar surface area (TPSA) is 69.9 Å². The van der Waals surface area contributed by atoms with Crippen molar-refractivity contribution in [2.45, 2.75) is 30.8 Å². The fourth-order valence-corrected chi connectivity index (χ4v) is 2.74. The van der Waals surface area contributed by atoms with Gasteiger partial charge in [0.15, 0.2) is 0 Å². The minimum absolute atomic E-state index is 0.170. The number of benzene rings is 1. The van der Waals surface area contributed by atoms with E-state index in [0.29, 0.717) is 0 Å². The Balaban J connectivity index is 2.44. The Labute approximate surface area is 115 Å². The van der Waals surface area contributed by atoms with Crippen molar-refractivity contribution in [1.29, 1.82) is 0 Å². The Hall–Kier alpha value is -0.360. The highest BCUT2D eigenvalue weighted by molar-refractivity contribution is 6.36. The van der Waals surface area contributed by atoms with Gasteiger partial charge in [-0.1, -0.05) is 29.3 Å². The molecule has 1 aliphatic heterocycles. The summed E-state index contributed by atoms with van der Waals surface area (Å²) in [7, 11) is 0. The Kier molecular flexibility index (Phi) is 3.88. The van der Waals surface area contributed by atoms with Crippen molar-refractivity contribution in [3.63, 3.8) is 0 Å². The Morgan fingerprint density at radius 3 is 2.33 bits per heavy atom. The molecule has 0 aromatic heterocycles. The molecule has 0 saturated carbocycles. The third kappa shape index (κ3) is 2.13. The number of hydrogen-bond donors (Lipinski definition) is 3. The van der Waals surface area contributed by atoms with Gasteiger partial charge in [0.2, 0.25) is 0 Å². The lowest BCUT2D eigenvalue weighted by molar-refractivity contribution is -0.0709. The van der Waals surface area contributed by atoms with E-state index in [-0.39, 0.29) is 15.6 Å². The first-order chi connectivity index (χ1) is 8.38. The fourth-order valence-electron chi connectivity index (χ4n) is 2.04. The van der Waals surface area contributed by atoms with E-state index >= 15 is 0 Å². The van der Waals surface area contributed by atoms with Gasteiger partial charge in [0.05, 0.1) is 6.10 Å². The number of rotatable bonds is 2. The number of ether oxygens (including phenoxy) is 1. The molecule has 3 N–H and O–H groups in total. The molecule has 1 heterocycles. The average molecular weight is 292 g/mol. The molecule has 1 aromatic carbocycles. The summed E-state index contributed by atoms with van der Waals surface area (Å²) in [4.78, 5) is 0. The first kappa shape index (κ1) is 14.1. The SMILES string of the molecule is CC(O)[C@H]1O[CH][C@@](O)(c2c(Cl)cccc2Cl)[C@@H]1O. The number of aliphatic hydroxyl groups excluding tert-OH is 2. The highest BCUT2D eigenvalue weighted by atomic mass is 35.5. The second kappa shape index (κ2) is 4.96. The third-order valence-electron chi connectivity index (χ3n) is 3.01. The predicted molar refractivity (Wildman–Crippen MR) is 67.2 cm³/mol. The largest absolute Gasteiger partial charge is 0.391 e. The zero-order valence-electron chi connectivity index (χ0n) is 9.55. The molecular weight excluding hydrogens is 279 g/mol. The van der Waals surface area contributed by atoms with Crippen LogP contribution in [0.2, 0.25) is 10.0 Å². The fraction of sp³-hybridized carbons (Fsp3) is 0.417. The molecule has 0 aliphatic carbocycles. The van der Waals surface area contributed by atoms with E-state index in [4.69, 9.17) is 27.9 Å². The summed E-state index contributed by atoms with van der Waals surface area (Å²) in [6.45, 7) is 2.52. The van der Waals surface area contributed by atoms with E-state index < -0.39 is 23.9 Å². The zero-order chi connectivity index (χ0) is 13.5. The van der Waals surface area contributed by atoms with Crippen molar-refractivity contribution >= 4 is 23.2 Å². The van der Waals surface area contributed by atoms with Gasteiger partial charge in [-0.3, -0.25) is 0 Å². The van der Waals surface area contributed by atoms with Crippen LogP contribution in [0.1, 0.15) is 12.5 Å². The zero-order valence-corrected chi connectivity index (χ0v) is 11.1. The van der Waals surface area contributed by atoms with Crippen LogP contribution in [-0.4, -0.2) is 33.6 Å². The molecule has 6 heteroatoms. The van der Waals surface area contributed by atoms with Crippen LogP contribution in [0, 0.1) is 6.61 Å². The lowest BCUT2D eigenvalue weighted by Gasteiger charge is -2.28. The van der Waals surface area contributed by atoms with Gasteiger partial charge in [0.1, 0.15) is 24.4 Å². The van der Waals surface area contributed by atoms with Gasteiger partial charge < -0.3 is 20.1 Å². The molecule has 1 unspecified atom stereocenters. The second-order valence-corrected chi connectivity index (χ2v) is 5.14. The van der Waals surface area contributed by atoms with Crippen LogP contribution in [0.15, 0.2) is 18.2 Å². The third-order valence-corrected chi connectivity index (χ3v) is 3.64. The number of aliphatic hydroxyl groups is 3. The minimum atomic E-state index is -1.84. The number of halogens is 2. The lowest BCUT2D eigenvalue weighted by atomic mass is 9.87. The molecule has 0 spiro atoms. The van der Waals surface area contributed by atoms with E-state index in [1.165, 1.54) is 6.92 Å². The summed E-state index contributed by atoms with van der Waals surface area (Å²) in [5, 5.41) is 30.5. The Bertz CT molecular complexity index is 431. The van der Waals surface area contributed by atoms with Crippen LogP contribution in [0.5, 0.6) is 0 Å². The lowest BCUT2D eigenvalue weighted by Crippen LogP contribution is -2.43. The second-order valence-electron chi connectivity index (χ2n) is 4.33. The molecule has 18 heavy (non-hydrogen) atoms. The Morgan fingerprint density at radius 1 is 1.33 bits per heavy atom. The molecule has 1 aliphatic rings. The first-order valence-electron chi connectivity index (χ1n) is 5.40. The maximum atomic E-state index is 10.5. The molecule has 99 valence electrons. The van der Waals surface area contributed by atoms with E-state index in [0.717, 1.165) is 6.61 Å². The van der Waals surface area contributed by atoms with Crippen molar-refractivity contribution < 1.29 is 20.1 Å². The minimum Gasteiger partial charge on any atom is -0.391 e. The highest BCUT2D eigenvalue weighted by Gasteiger charge is 2.52. The molecule has 4 nitrogen and oxygen atoms in total. The van der Waals surface area contributed by atoms with Crippen molar-refractivity contribution in [2.24, 2.45) is 0 Å². The van der Waals surface area contributed by atoms with Crippen LogP contribution < -0.4 is 0 Å². The smallest absolute Gasteiger partial charge is 0.150 e. The molecular formula is C12H13Cl2O4. The summed E-state index contributed by atoms with van der Waals surface area (Å²) in [5.74, 6) is 0.